The van der Waals surface area contributed by atoms with Gasteiger partial charge in [-0.2, -0.15) is 0 Å². The van der Waals surface area contributed by atoms with Gasteiger partial charge in [-0.15, -0.1) is 0 Å². The van der Waals surface area contributed by atoms with Gasteiger partial charge in [-0.05, 0) is 31.4 Å². The summed E-state index contributed by atoms with van der Waals surface area (Å²) in [5.74, 6) is -2.09. The zero-order chi connectivity index (χ0) is 28.0. The summed E-state index contributed by atoms with van der Waals surface area (Å²) >= 11 is 0. The minimum Gasteiger partial charge on any atom is -0.370 e. The highest BCUT2D eigenvalue weighted by molar-refractivity contribution is 7.88. The van der Waals surface area contributed by atoms with Gasteiger partial charge in [0, 0.05) is 24.4 Å². The first kappa shape index (κ1) is 31.2. The third-order valence-electron chi connectivity index (χ3n) is 4.89. The molecule has 0 aliphatic rings. The SMILES string of the molecule is CCCC[C@@H](NS(C)(=O)=O)C(=O)NCC(=O)N[C@@H](CCCN=C(N)N)C(=O)Nc1ccc([N+](=O)[O-])cc1. The number of anilines is 1. The van der Waals surface area contributed by atoms with Crippen molar-refractivity contribution in [3.8, 4) is 0 Å². The summed E-state index contributed by atoms with van der Waals surface area (Å²) in [5, 5.41) is 18.3. The normalized spacial score (nSPS) is 12.6. The van der Waals surface area contributed by atoms with Crippen LogP contribution in [-0.2, 0) is 24.4 Å². The van der Waals surface area contributed by atoms with E-state index in [0.29, 0.717) is 12.8 Å². The maximum Gasteiger partial charge on any atom is 0.269 e. The van der Waals surface area contributed by atoms with Crippen LogP contribution in [0, 0.1) is 10.1 Å². The van der Waals surface area contributed by atoms with Crippen LogP contribution in [0.3, 0.4) is 0 Å². The Hall–Kier alpha value is -3.79. The minimum atomic E-state index is -3.65. The summed E-state index contributed by atoms with van der Waals surface area (Å²) in [7, 11) is -3.65. The van der Waals surface area contributed by atoms with E-state index >= 15 is 0 Å². The number of carbonyl (C=O) groups is 3. The number of hydrogen-bond acceptors (Lipinski definition) is 8. The van der Waals surface area contributed by atoms with Crippen molar-refractivity contribution in [2.24, 2.45) is 16.5 Å². The van der Waals surface area contributed by atoms with Crippen LogP contribution in [-0.4, -0.2) is 68.5 Å². The number of benzene rings is 1. The molecule has 0 aliphatic heterocycles. The fourth-order valence-electron chi connectivity index (χ4n) is 3.11. The highest BCUT2D eigenvalue weighted by Crippen LogP contribution is 2.16. The number of nitrogens with one attached hydrogen (secondary N) is 4. The number of aliphatic imine (C=N–C) groups is 1. The molecule has 0 bridgehead atoms. The third kappa shape index (κ3) is 13.2. The van der Waals surface area contributed by atoms with E-state index in [-0.39, 0.29) is 36.7 Å². The molecule has 0 unspecified atom stereocenters. The zero-order valence-corrected chi connectivity index (χ0v) is 21.5. The van der Waals surface area contributed by atoms with Gasteiger partial charge in [-0.1, -0.05) is 19.8 Å². The van der Waals surface area contributed by atoms with Crippen molar-refractivity contribution >= 4 is 45.1 Å². The Morgan fingerprint density at radius 1 is 1.05 bits per heavy atom. The molecular formula is C21H34N8O7S. The van der Waals surface area contributed by atoms with E-state index in [1.807, 2.05) is 6.92 Å². The number of amides is 3. The van der Waals surface area contributed by atoms with E-state index in [0.717, 1.165) is 12.7 Å². The van der Waals surface area contributed by atoms with Crippen molar-refractivity contribution in [1.29, 1.82) is 0 Å². The molecule has 37 heavy (non-hydrogen) atoms. The molecule has 0 aliphatic carbocycles. The number of unbranched alkanes of at least 4 members (excludes halogenated alkanes) is 1. The predicted molar refractivity (Wildman–Crippen MR) is 138 cm³/mol. The molecule has 0 heterocycles. The molecule has 1 rings (SSSR count). The summed E-state index contributed by atoms with van der Waals surface area (Å²) in [6, 6.07) is 3.05. The summed E-state index contributed by atoms with van der Waals surface area (Å²) in [6.07, 6.45) is 2.99. The summed E-state index contributed by atoms with van der Waals surface area (Å²) in [6.45, 7) is 1.59. The number of hydrogen-bond donors (Lipinski definition) is 6. The van der Waals surface area contributed by atoms with E-state index in [1.54, 1.807) is 0 Å². The van der Waals surface area contributed by atoms with Crippen molar-refractivity contribution in [2.75, 3.05) is 24.7 Å². The molecule has 1 aromatic carbocycles. The molecule has 16 heteroatoms. The zero-order valence-electron chi connectivity index (χ0n) is 20.7. The first-order chi connectivity index (χ1) is 17.3. The molecule has 1 aromatic rings. The molecule has 0 saturated carbocycles. The average molecular weight is 543 g/mol. The molecule has 0 saturated heterocycles. The van der Waals surface area contributed by atoms with E-state index in [2.05, 4.69) is 25.7 Å². The number of sulfonamides is 1. The Kier molecular flexibility index (Phi) is 13.0. The van der Waals surface area contributed by atoms with Gasteiger partial charge in [-0.3, -0.25) is 29.5 Å². The van der Waals surface area contributed by atoms with Crippen molar-refractivity contribution in [1.82, 2.24) is 15.4 Å². The van der Waals surface area contributed by atoms with Crippen LogP contribution >= 0.6 is 0 Å². The van der Waals surface area contributed by atoms with Gasteiger partial charge < -0.3 is 27.4 Å². The molecule has 0 fully saturated rings. The molecule has 206 valence electrons. The fraction of sp³-hybridized carbons (Fsp3) is 0.524. The average Bonchev–Trinajstić information content (AvgIpc) is 2.81. The maximum absolute atomic E-state index is 12.8. The van der Waals surface area contributed by atoms with E-state index in [4.69, 9.17) is 11.5 Å². The number of guanidine groups is 1. The molecular weight excluding hydrogens is 508 g/mol. The number of nitro benzene ring substituents is 1. The Morgan fingerprint density at radius 3 is 2.22 bits per heavy atom. The largest absolute Gasteiger partial charge is 0.370 e. The number of nitro groups is 1. The number of carbonyl (C=O) groups excluding carboxylic acids is 3. The second-order valence-corrected chi connectivity index (χ2v) is 9.94. The maximum atomic E-state index is 12.8. The van der Waals surface area contributed by atoms with Crippen molar-refractivity contribution in [2.45, 2.75) is 51.1 Å². The van der Waals surface area contributed by atoms with Crippen molar-refractivity contribution in [3.63, 3.8) is 0 Å². The lowest BCUT2D eigenvalue weighted by Gasteiger charge is -2.20. The van der Waals surface area contributed by atoms with Crippen LogP contribution in [0.25, 0.3) is 0 Å². The Morgan fingerprint density at radius 2 is 1.68 bits per heavy atom. The van der Waals surface area contributed by atoms with Gasteiger partial charge in [0.25, 0.3) is 5.69 Å². The lowest BCUT2D eigenvalue weighted by Crippen LogP contribution is -2.51. The van der Waals surface area contributed by atoms with Crippen LogP contribution < -0.4 is 32.1 Å². The van der Waals surface area contributed by atoms with E-state index in [1.165, 1.54) is 24.3 Å². The minimum absolute atomic E-state index is 0.126. The smallest absolute Gasteiger partial charge is 0.269 e. The summed E-state index contributed by atoms with van der Waals surface area (Å²) in [4.78, 5) is 51.8. The lowest BCUT2D eigenvalue weighted by molar-refractivity contribution is -0.384. The quantitative estimate of drug-likeness (QED) is 0.0507. The monoisotopic (exact) mass is 542 g/mol. The van der Waals surface area contributed by atoms with Gasteiger partial charge in [0.05, 0.1) is 17.7 Å². The summed E-state index contributed by atoms with van der Waals surface area (Å²) in [5.41, 5.74) is 10.7. The number of nitrogens with zero attached hydrogens (tertiary/aromatic N) is 2. The van der Waals surface area contributed by atoms with Crippen molar-refractivity contribution < 1.29 is 27.7 Å². The standard InChI is InChI=1S/C21H34N8O7S/c1-3-4-6-17(28-37(2,35)36)19(31)25-13-18(30)27-16(7-5-12-24-21(22)23)20(32)26-14-8-10-15(11-9-14)29(33)34/h8-11,16-17,28H,3-7,12-13H2,1-2H3,(H,25,31)(H,26,32)(H,27,30)(H4,22,23,24)/t16-,17+/m0/s1. The first-order valence-corrected chi connectivity index (χ1v) is 13.4. The van der Waals surface area contributed by atoms with Crippen LogP contribution in [0.15, 0.2) is 29.3 Å². The highest BCUT2D eigenvalue weighted by atomic mass is 32.2. The van der Waals surface area contributed by atoms with Gasteiger partial charge in [0.1, 0.15) is 12.1 Å². The topological polar surface area (TPSA) is 241 Å². The second kappa shape index (κ2) is 15.4. The van der Waals surface area contributed by atoms with E-state index < -0.39 is 51.3 Å². The number of nitrogens with two attached hydrogens (primary N) is 2. The predicted octanol–water partition coefficient (Wildman–Crippen LogP) is -0.704. The Balaban J connectivity index is 2.83. The van der Waals surface area contributed by atoms with Crippen molar-refractivity contribution in [3.05, 3.63) is 34.4 Å². The summed E-state index contributed by atoms with van der Waals surface area (Å²) < 4.78 is 25.4. The molecule has 0 spiro atoms. The second-order valence-electron chi connectivity index (χ2n) is 8.16. The number of non-ortho nitro benzene ring substituents is 1. The third-order valence-corrected chi connectivity index (χ3v) is 5.60. The van der Waals surface area contributed by atoms with Crippen LogP contribution in [0.4, 0.5) is 11.4 Å². The first-order valence-electron chi connectivity index (χ1n) is 11.5. The van der Waals surface area contributed by atoms with Gasteiger partial charge in [-0.25, -0.2) is 13.1 Å². The fourth-order valence-corrected chi connectivity index (χ4v) is 3.86. The van der Waals surface area contributed by atoms with Gasteiger partial charge in [0.2, 0.25) is 27.7 Å². The number of rotatable bonds is 16. The van der Waals surface area contributed by atoms with Crippen LogP contribution in [0.5, 0.6) is 0 Å². The molecule has 8 N–H and O–H groups in total. The molecule has 0 radical (unpaired) electrons. The molecule has 15 nitrogen and oxygen atoms in total. The molecule has 0 aromatic heterocycles. The lowest BCUT2D eigenvalue weighted by atomic mass is 10.1. The Bertz CT molecular complexity index is 1070. The van der Waals surface area contributed by atoms with Gasteiger partial charge in [0.15, 0.2) is 5.96 Å². The van der Waals surface area contributed by atoms with Crippen LogP contribution in [0.2, 0.25) is 0 Å². The van der Waals surface area contributed by atoms with E-state index in [9.17, 15) is 32.9 Å². The highest BCUT2D eigenvalue weighted by Gasteiger charge is 2.24. The molecule has 3 amide bonds. The Labute approximate surface area is 215 Å². The molecule has 2 atom stereocenters. The van der Waals surface area contributed by atoms with Gasteiger partial charge >= 0.3 is 0 Å². The van der Waals surface area contributed by atoms with Crippen LogP contribution in [0.1, 0.15) is 39.0 Å².